The van der Waals surface area contributed by atoms with Gasteiger partial charge in [0.05, 0.1) is 6.54 Å². The van der Waals surface area contributed by atoms with Crippen LogP contribution in [0.25, 0.3) is 0 Å². The number of alkyl halides is 3. The van der Waals surface area contributed by atoms with E-state index in [0.717, 1.165) is 18.5 Å². The van der Waals surface area contributed by atoms with Crippen LogP contribution in [0.4, 0.5) is 18.9 Å². The summed E-state index contributed by atoms with van der Waals surface area (Å²) in [5.74, 6) is 0. The van der Waals surface area contributed by atoms with Crippen molar-refractivity contribution in [3.05, 3.63) is 29.8 Å². The van der Waals surface area contributed by atoms with E-state index >= 15 is 0 Å². The van der Waals surface area contributed by atoms with Gasteiger partial charge < -0.3 is 5.32 Å². The van der Waals surface area contributed by atoms with E-state index in [-0.39, 0.29) is 6.04 Å². The first-order chi connectivity index (χ1) is 8.46. The molecule has 0 spiro atoms. The summed E-state index contributed by atoms with van der Waals surface area (Å²) in [7, 11) is 1.54. The van der Waals surface area contributed by atoms with Gasteiger partial charge in [0.2, 0.25) is 0 Å². The molecule has 5 heteroatoms. The fourth-order valence-corrected chi connectivity index (χ4v) is 2.35. The topological polar surface area (TPSA) is 15.3 Å². The molecular formula is C13H17F3N2. The molecule has 0 bridgehead atoms. The lowest BCUT2D eigenvalue weighted by Crippen LogP contribution is -2.42. The average molecular weight is 258 g/mol. The Bertz CT molecular complexity index is 376. The maximum atomic E-state index is 12.4. The highest BCUT2D eigenvalue weighted by Crippen LogP contribution is 2.24. The highest BCUT2D eigenvalue weighted by Gasteiger charge is 2.32. The van der Waals surface area contributed by atoms with E-state index in [1.807, 2.05) is 24.3 Å². The van der Waals surface area contributed by atoms with Gasteiger partial charge in [-0.05, 0) is 31.5 Å². The number of hydrogen-bond donors (Lipinski definition) is 1. The van der Waals surface area contributed by atoms with E-state index in [4.69, 9.17) is 0 Å². The lowest BCUT2D eigenvalue weighted by Gasteiger charge is -2.27. The van der Waals surface area contributed by atoms with Gasteiger partial charge in [-0.3, -0.25) is 4.90 Å². The molecule has 18 heavy (non-hydrogen) atoms. The SMILES string of the molecule is CN(CC(F)(F)F)C1CCc2ccccc2NC1. The summed E-state index contributed by atoms with van der Waals surface area (Å²) in [6, 6.07) is 7.81. The number of nitrogens with zero attached hydrogens (tertiary/aromatic N) is 1. The molecule has 1 aliphatic heterocycles. The molecule has 0 saturated carbocycles. The summed E-state index contributed by atoms with van der Waals surface area (Å²) in [6.07, 6.45) is -2.57. The summed E-state index contributed by atoms with van der Waals surface area (Å²) >= 11 is 0. The Morgan fingerprint density at radius 2 is 2.06 bits per heavy atom. The maximum absolute atomic E-state index is 12.4. The second kappa shape index (κ2) is 5.18. The van der Waals surface area contributed by atoms with Crippen LogP contribution in [0, 0.1) is 0 Å². The molecule has 1 N–H and O–H groups in total. The number of aryl methyl sites for hydroxylation is 1. The quantitative estimate of drug-likeness (QED) is 0.877. The molecule has 0 saturated heterocycles. The summed E-state index contributed by atoms with van der Waals surface area (Å²) in [5, 5.41) is 3.23. The van der Waals surface area contributed by atoms with Crippen LogP contribution in [0.3, 0.4) is 0 Å². The molecule has 2 rings (SSSR count). The zero-order chi connectivity index (χ0) is 13.2. The van der Waals surface area contributed by atoms with E-state index in [0.29, 0.717) is 6.54 Å². The van der Waals surface area contributed by atoms with Crippen LogP contribution in [0.1, 0.15) is 12.0 Å². The number of hydrogen-bond acceptors (Lipinski definition) is 2. The predicted octanol–water partition coefficient (Wildman–Crippen LogP) is 2.91. The fourth-order valence-electron chi connectivity index (χ4n) is 2.35. The normalized spacial score (nSPS) is 20.2. The van der Waals surface area contributed by atoms with Gasteiger partial charge in [-0.1, -0.05) is 18.2 Å². The highest BCUT2D eigenvalue weighted by atomic mass is 19.4. The molecule has 0 aliphatic carbocycles. The number of benzene rings is 1. The van der Waals surface area contributed by atoms with Crippen LogP contribution in [-0.2, 0) is 6.42 Å². The van der Waals surface area contributed by atoms with Gasteiger partial charge in [-0.2, -0.15) is 13.2 Å². The lowest BCUT2D eigenvalue weighted by molar-refractivity contribution is -0.147. The molecule has 0 amide bonds. The van der Waals surface area contributed by atoms with Gasteiger partial charge >= 0.3 is 6.18 Å². The van der Waals surface area contributed by atoms with Crippen molar-refractivity contribution in [1.82, 2.24) is 4.90 Å². The van der Waals surface area contributed by atoms with Crippen molar-refractivity contribution in [2.24, 2.45) is 0 Å². The Kier molecular flexibility index (Phi) is 3.80. The molecule has 1 atom stereocenters. The van der Waals surface area contributed by atoms with E-state index < -0.39 is 12.7 Å². The number of fused-ring (bicyclic) bond motifs is 1. The van der Waals surface area contributed by atoms with Crippen molar-refractivity contribution < 1.29 is 13.2 Å². The van der Waals surface area contributed by atoms with E-state index in [9.17, 15) is 13.2 Å². The van der Waals surface area contributed by atoms with Crippen LogP contribution >= 0.6 is 0 Å². The second-order valence-corrected chi connectivity index (χ2v) is 4.76. The first-order valence-corrected chi connectivity index (χ1v) is 6.04. The molecule has 1 heterocycles. The van der Waals surface area contributed by atoms with Crippen LogP contribution in [0.2, 0.25) is 0 Å². The van der Waals surface area contributed by atoms with Crippen molar-refractivity contribution in [3.8, 4) is 0 Å². The van der Waals surface area contributed by atoms with E-state index in [2.05, 4.69) is 5.32 Å². The average Bonchev–Trinajstić information content (AvgIpc) is 2.49. The van der Waals surface area contributed by atoms with Gasteiger partial charge in [0.15, 0.2) is 0 Å². The molecule has 0 aromatic heterocycles. The summed E-state index contributed by atoms with van der Waals surface area (Å²) < 4.78 is 37.1. The molecule has 2 nitrogen and oxygen atoms in total. The summed E-state index contributed by atoms with van der Waals surface area (Å²) in [5.41, 5.74) is 2.22. The number of anilines is 1. The van der Waals surface area contributed by atoms with Gasteiger partial charge in [-0.15, -0.1) is 0 Å². The third-order valence-corrected chi connectivity index (χ3v) is 3.34. The van der Waals surface area contributed by atoms with E-state index in [1.165, 1.54) is 17.5 Å². The van der Waals surface area contributed by atoms with Crippen LogP contribution < -0.4 is 5.32 Å². The van der Waals surface area contributed by atoms with Gasteiger partial charge in [0.25, 0.3) is 0 Å². The first-order valence-electron chi connectivity index (χ1n) is 6.04. The van der Waals surface area contributed by atoms with Crippen molar-refractivity contribution in [1.29, 1.82) is 0 Å². The van der Waals surface area contributed by atoms with Gasteiger partial charge in [0.1, 0.15) is 0 Å². The standard InChI is InChI=1S/C13H17F3N2/c1-18(9-13(14,15)16)11-7-6-10-4-2-3-5-12(10)17-8-11/h2-5,11,17H,6-9H2,1H3. The van der Waals surface area contributed by atoms with Crippen molar-refractivity contribution in [2.75, 3.05) is 25.5 Å². The molecular weight excluding hydrogens is 241 g/mol. The van der Waals surface area contributed by atoms with Gasteiger partial charge in [0, 0.05) is 18.3 Å². The Labute approximate surface area is 105 Å². The maximum Gasteiger partial charge on any atom is 0.401 e. The molecule has 1 aromatic rings. The minimum absolute atomic E-state index is 0.0842. The first kappa shape index (κ1) is 13.2. The van der Waals surface area contributed by atoms with Crippen molar-refractivity contribution in [2.45, 2.75) is 25.1 Å². The number of para-hydroxylation sites is 1. The van der Waals surface area contributed by atoms with Gasteiger partial charge in [-0.25, -0.2) is 0 Å². The minimum atomic E-state index is -4.13. The molecule has 0 fully saturated rings. The summed E-state index contributed by atoms with van der Waals surface area (Å²) in [6.45, 7) is -0.292. The highest BCUT2D eigenvalue weighted by molar-refractivity contribution is 5.52. The van der Waals surface area contributed by atoms with Crippen LogP contribution in [-0.4, -0.2) is 37.3 Å². The molecule has 1 unspecified atom stereocenters. The number of rotatable bonds is 2. The summed E-state index contributed by atoms with van der Waals surface area (Å²) in [4.78, 5) is 1.39. The second-order valence-electron chi connectivity index (χ2n) is 4.76. The minimum Gasteiger partial charge on any atom is -0.383 e. The molecule has 0 radical (unpaired) electrons. The monoisotopic (exact) mass is 258 g/mol. The molecule has 100 valence electrons. The smallest absolute Gasteiger partial charge is 0.383 e. The third-order valence-electron chi connectivity index (χ3n) is 3.34. The van der Waals surface area contributed by atoms with Crippen LogP contribution in [0.15, 0.2) is 24.3 Å². The number of halogens is 3. The zero-order valence-electron chi connectivity index (χ0n) is 10.3. The van der Waals surface area contributed by atoms with Crippen molar-refractivity contribution >= 4 is 5.69 Å². The largest absolute Gasteiger partial charge is 0.401 e. The third kappa shape index (κ3) is 3.38. The molecule has 1 aliphatic rings. The zero-order valence-corrected chi connectivity index (χ0v) is 10.3. The van der Waals surface area contributed by atoms with Crippen molar-refractivity contribution in [3.63, 3.8) is 0 Å². The molecule has 1 aromatic carbocycles. The Balaban J connectivity index is 1.99. The Hall–Kier alpha value is -1.23. The van der Waals surface area contributed by atoms with Crippen LogP contribution in [0.5, 0.6) is 0 Å². The number of likely N-dealkylation sites (N-methyl/N-ethyl adjacent to an activating group) is 1. The Morgan fingerprint density at radius 1 is 1.33 bits per heavy atom. The predicted molar refractivity (Wildman–Crippen MR) is 65.7 cm³/mol. The Morgan fingerprint density at radius 3 is 2.78 bits per heavy atom. The van der Waals surface area contributed by atoms with E-state index in [1.54, 1.807) is 0 Å². The number of nitrogens with one attached hydrogen (secondary N) is 1. The fraction of sp³-hybridized carbons (Fsp3) is 0.538. The lowest BCUT2D eigenvalue weighted by atomic mass is 10.1.